The van der Waals surface area contributed by atoms with Crippen LogP contribution in [0.4, 0.5) is 5.82 Å². The predicted molar refractivity (Wildman–Crippen MR) is 80.0 cm³/mol. The molecule has 1 heterocycles. The molecule has 1 unspecified atom stereocenters. The summed E-state index contributed by atoms with van der Waals surface area (Å²) in [4.78, 5) is 0.276. The number of hydrazone groups is 1. The molecule has 96 valence electrons. The second-order valence-corrected chi connectivity index (χ2v) is 5.15. The van der Waals surface area contributed by atoms with Gasteiger partial charge in [0.15, 0.2) is 5.82 Å². The van der Waals surface area contributed by atoms with Gasteiger partial charge in [0.25, 0.3) is 0 Å². The molecule has 18 heavy (non-hydrogen) atoms. The molecule has 0 fully saturated rings. The number of halogens is 1. The average Bonchev–Trinajstić information content (AvgIpc) is 2.37. The summed E-state index contributed by atoms with van der Waals surface area (Å²) in [6.07, 6.45) is 4.57. The normalized spacial score (nSPS) is 12.9. The summed E-state index contributed by atoms with van der Waals surface area (Å²) in [5.41, 5.74) is 1.86. The van der Waals surface area contributed by atoms with E-state index in [1.807, 2.05) is 6.07 Å². The van der Waals surface area contributed by atoms with Crippen molar-refractivity contribution in [2.45, 2.75) is 25.1 Å². The van der Waals surface area contributed by atoms with Gasteiger partial charge in [-0.05, 0) is 31.1 Å². The van der Waals surface area contributed by atoms with E-state index in [1.165, 1.54) is 0 Å². The molecule has 0 bridgehead atoms. The summed E-state index contributed by atoms with van der Waals surface area (Å²) in [6, 6.07) is 3.62. The fourth-order valence-electron chi connectivity index (χ4n) is 1.53. The van der Waals surface area contributed by atoms with Crippen molar-refractivity contribution in [2.75, 3.05) is 5.01 Å². The van der Waals surface area contributed by atoms with E-state index in [4.69, 9.17) is 0 Å². The second-order valence-electron chi connectivity index (χ2n) is 3.70. The molecule has 1 aromatic rings. The zero-order chi connectivity index (χ0) is 13.5. The van der Waals surface area contributed by atoms with E-state index in [0.717, 1.165) is 17.7 Å². The van der Waals surface area contributed by atoms with Crippen molar-refractivity contribution < 1.29 is 0 Å². The van der Waals surface area contributed by atoms with Gasteiger partial charge >= 0.3 is 0 Å². The third-order valence-electron chi connectivity index (χ3n) is 2.35. The average molecular weight is 309 g/mol. The summed E-state index contributed by atoms with van der Waals surface area (Å²) in [7, 11) is 0. The molecule has 4 nitrogen and oxygen atoms in total. The summed E-state index contributed by atoms with van der Waals surface area (Å²) in [6.45, 7) is 11.8. The smallest absolute Gasteiger partial charge is 0.176 e. The molecule has 0 radical (unpaired) electrons. The number of hydrogen-bond acceptors (Lipinski definition) is 4. The van der Waals surface area contributed by atoms with Gasteiger partial charge in [-0.2, -0.15) is 10.2 Å². The number of nitrogens with zero attached hydrogens (tertiary/aromatic N) is 4. The van der Waals surface area contributed by atoms with Gasteiger partial charge in [-0.1, -0.05) is 35.5 Å². The van der Waals surface area contributed by atoms with E-state index in [2.05, 4.69) is 64.4 Å². The van der Waals surface area contributed by atoms with Crippen LogP contribution in [0.5, 0.6) is 0 Å². The van der Waals surface area contributed by atoms with Crippen LogP contribution in [0.3, 0.4) is 0 Å². The summed E-state index contributed by atoms with van der Waals surface area (Å²) < 4.78 is 0. The van der Waals surface area contributed by atoms with Crippen molar-refractivity contribution in [3.05, 3.63) is 42.3 Å². The highest BCUT2D eigenvalue weighted by molar-refractivity contribution is 9.09. The Kier molecular flexibility index (Phi) is 5.71. The Balaban J connectivity index is 3.03. The Morgan fingerprint density at radius 2 is 2.39 bits per heavy atom. The first kappa shape index (κ1) is 14.6. The number of hydrogen-bond donors (Lipinski definition) is 0. The van der Waals surface area contributed by atoms with Crippen molar-refractivity contribution in [1.82, 2.24) is 10.2 Å². The van der Waals surface area contributed by atoms with E-state index in [-0.39, 0.29) is 4.83 Å². The van der Waals surface area contributed by atoms with Crippen LogP contribution in [0.2, 0.25) is 0 Å². The molecule has 0 saturated heterocycles. The first-order chi connectivity index (χ1) is 8.60. The largest absolute Gasteiger partial charge is 0.215 e. The molecule has 0 amide bonds. The number of aromatic nitrogens is 2. The maximum Gasteiger partial charge on any atom is 0.176 e. The fourth-order valence-corrected chi connectivity index (χ4v) is 1.85. The zero-order valence-electron chi connectivity index (χ0n) is 10.7. The monoisotopic (exact) mass is 308 g/mol. The Morgan fingerprint density at radius 3 is 2.83 bits per heavy atom. The number of alkyl halides is 1. The Labute approximate surface area is 116 Å². The minimum Gasteiger partial charge on any atom is -0.215 e. The Bertz CT molecular complexity index is 440. The van der Waals surface area contributed by atoms with Crippen LogP contribution in [0.25, 0.3) is 0 Å². The first-order valence-corrected chi connectivity index (χ1v) is 6.60. The van der Waals surface area contributed by atoms with Crippen molar-refractivity contribution in [2.24, 2.45) is 5.10 Å². The molecule has 0 spiro atoms. The molecule has 0 N–H and O–H groups in total. The van der Waals surface area contributed by atoms with Crippen LogP contribution in [-0.4, -0.2) is 21.7 Å². The Morgan fingerprint density at radius 1 is 1.67 bits per heavy atom. The van der Waals surface area contributed by atoms with E-state index in [0.29, 0.717) is 5.82 Å². The minimum absolute atomic E-state index is 0.276. The lowest BCUT2D eigenvalue weighted by atomic mass is 10.1. The first-order valence-electron chi connectivity index (χ1n) is 5.68. The highest BCUT2D eigenvalue weighted by Gasteiger charge is 2.13. The van der Waals surface area contributed by atoms with Crippen LogP contribution >= 0.6 is 15.9 Å². The molecule has 0 aromatic carbocycles. The lowest BCUT2D eigenvalue weighted by Crippen LogP contribution is -2.17. The predicted octanol–water partition coefficient (Wildman–Crippen LogP) is 3.53. The van der Waals surface area contributed by atoms with Gasteiger partial charge < -0.3 is 0 Å². The molecule has 1 rings (SSSR count). The summed E-state index contributed by atoms with van der Waals surface area (Å²) in [5.74, 6) is 0.610. The molecule has 1 atom stereocenters. The molecule has 0 saturated carbocycles. The number of rotatable bonds is 6. The van der Waals surface area contributed by atoms with Gasteiger partial charge in [0.05, 0.1) is 5.70 Å². The van der Waals surface area contributed by atoms with Crippen LogP contribution in [0.1, 0.15) is 20.3 Å². The molecular weight excluding hydrogens is 292 g/mol. The third-order valence-corrected chi connectivity index (χ3v) is 2.62. The van der Waals surface area contributed by atoms with Gasteiger partial charge in [-0.15, -0.1) is 5.10 Å². The van der Waals surface area contributed by atoms with Crippen molar-refractivity contribution >= 4 is 28.5 Å². The van der Waals surface area contributed by atoms with Crippen LogP contribution in [-0.2, 0) is 0 Å². The molecule has 0 aliphatic heterocycles. The van der Waals surface area contributed by atoms with Gasteiger partial charge in [0, 0.05) is 17.7 Å². The van der Waals surface area contributed by atoms with Crippen molar-refractivity contribution in [3.8, 4) is 0 Å². The molecule has 0 aliphatic rings. The van der Waals surface area contributed by atoms with E-state index in [1.54, 1.807) is 17.3 Å². The standard InChI is InChI=1S/C13H17BrN4/c1-5-12(9-10(2)14)11(3)18(15-4)13-7-6-8-16-17-13/h6-10H,3-5H2,1-2H3/b12-9+. The molecular formula is C13H17BrN4. The summed E-state index contributed by atoms with van der Waals surface area (Å²) >= 11 is 3.50. The second kappa shape index (κ2) is 7.06. The van der Waals surface area contributed by atoms with Crippen LogP contribution in [0.15, 0.2) is 47.4 Å². The quantitative estimate of drug-likeness (QED) is 0.349. The van der Waals surface area contributed by atoms with Gasteiger partial charge in [0.1, 0.15) is 0 Å². The van der Waals surface area contributed by atoms with E-state index < -0.39 is 0 Å². The maximum absolute atomic E-state index is 4.06. The minimum atomic E-state index is 0.276. The lowest BCUT2D eigenvalue weighted by molar-refractivity contribution is 0.905. The fraction of sp³-hybridized carbons (Fsp3) is 0.308. The SMILES string of the molecule is C=NN(C(=C)/C(=C/C(C)Br)CC)c1cccnn1. The van der Waals surface area contributed by atoms with Crippen molar-refractivity contribution in [1.29, 1.82) is 0 Å². The highest BCUT2D eigenvalue weighted by atomic mass is 79.9. The number of anilines is 1. The Hall–Kier alpha value is -1.49. The number of allylic oxidation sites excluding steroid dienone is 2. The lowest BCUT2D eigenvalue weighted by Gasteiger charge is -2.21. The molecule has 0 aliphatic carbocycles. The van der Waals surface area contributed by atoms with Gasteiger partial charge in [0.2, 0.25) is 0 Å². The molecule has 5 heteroatoms. The van der Waals surface area contributed by atoms with E-state index >= 15 is 0 Å². The van der Waals surface area contributed by atoms with E-state index in [9.17, 15) is 0 Å². The van der Waals surface area contributed by atoms with Crippen LogP contribution < -0.4 is 5.01 Å². The maximum atomic E-state index is 4.06. The van der Waals surface area contributed by atoms with Gasteiger partial charge in [-0.3, -0.25) is 0 Å². The zero-order valence-corrected chi connectivity index (χ0v) is 12.3. The molecule has 1 aromatic heterocycles. The summed E-state index contributed by atoms with van der Waals surface area (Å²) in [5, 5.41) is 13.4. The topological polar surface area (TPSA) is 41.4 Å². The van der Waals surface area contributed by atoms with Gasteiger partial charge in [-0.25, -0.2) is 5.01 Å². The highest BCUT2D eigenvalue weighted by Crippen LogP contribution is 2.23. The van der Waals surface area contributed by atoms with Crippen molar-refractivity contribution in [3.63, 3.8) is 0 Å². The van der Waals surface area contributed by atoms with Crippen LogP contribution in [0, 0.1) is 0 Å². The third kappa shape index (κ3) is 3.77.